The van der Waals surface area contributed by atoms with Gasteiger partial charge in [-0.25, -0.2) is 4.98 Å². The summed E-state index contributed by atoms with van der Waals surface area (Å²) in [6.45, 7) is 0.0369. The number of rotatable bonds is 0. The molecule has 1 spiro atoms. The topological polar surface area (TPSA) is 68.3 Å². The molecule has 1 atom stereocenters. The van der Waals surface area contributed by atoms with Crippen LogP contribution in [0.3, 0.4) is 0 Å². The molecule has 5 nitrogen and oxygen atoms in total. The number of carbonyl (C=O) groups is 2. The van der Waals surface area contributed by atoms with E-state index in [2.05, 4.69) is 10.3 Å². The van der Waals surface area contributed by atoms with Gasteiger partial charge in [0.15, 0.2) is 0 Å². The molecule has 1 N–H and O–H groups in total. The predicted molar refractivity (Wildman–Crippen MR) is 73.7 cm³/mol. The molecular weight excluding hydrogens is 325 g/mol. The molecule has 0 fully saturated rings. The Kier molecular flexibility index (Phi) is 2.86. The molecule has 2 amide bonds. The van der Waals surface area contributed by atoms with Gasteiger partial charge in [-0.15, -0.1) is 0 Å². The first-order chi connectivity index (χ1) is 11.3. The number of benzene rings is 1. The maximum absolute atomic E-state index is 13.0. The lowest BCUT2D eigenvalue weighted by molar-refractivity contribution is -0.145. The van der Waals surface area contributed by atoms with Crippen molar-refractivity contribution in [3.8, 4) is 0 Å². The van der Waals surface area contributed by atoms with Gasteiger partial charge < -0.3 is 4.74 Å². The second-order valence-corrected chi connectivity index (χ2v) is 5.50. The van der Waals surface area contributed by atoms with E-state index in [9.17, 15) is 22.8 Å². The van der Waals surface area contributed by atoms with Gasteiger partial charge >= 0.3 is 6.18 Å². The SMILES string of the molecule is O=C1NC(=O)C2(OCc3ccccc32)c2nc(C(F)(F)F)ccc21. The number of amides is 2. The third-order valence-electron chi connectivity index (χ3n) is 4.15. The van der Waals surface area contributed by atoms with E-state index in [1.165, 1.54) is 0 Å². The normalized spacial score (nSPS) is 22.3. The Hall–Kier alpha value is -2.74. The summed E-state index contributed by atoms with van der Waals surface area (Å²) in [6, 6.07) is 8.39. The Morgan fingerprint density at radius 2 is 1.88 bits per heavy atom. The predicted octanol–water partition coefficient (Wildman–Crippen LogP) is 2.14. The smallest absolute Gasteiger partial charge is 0.350 e. The zero-order chi connectivity index (χ0) is 17.1. The Labute approximate surface area is 133 Å². The molecule has 8 heteroatoms. The van der Waals surface area contributed by atoms with Crippen LogP contribution in [0, 0.1) is 0 Å². The van der Waals surface area contributed by atoms with Crippen molar-refractivity contribution in [2.45, 2.75) is 18.4 Å². The van der Waals surface area contributed by atoms with Crippen molar-refractivity contribution >= 4 is 11.8 Å². The quantitative estimate of drug-likeness (QED) is 0.750. The Morgan fingerprint density at radius 1 is 1.12 bits per heavy atom. The monoisotopic (exact) mass is 334 g/mol. The summed E-state index contributed by atoms with van der Waals surface area (Å²) in [7, 11) is 0. The number of nitrogens with one attached hydrogen (secondary N) is 1. The maximum atomic E-state index is 13.0. The Balaban J connectivity index is 2.03. The van der Waals surface area contributed by atoms with Crippen molar-refractivity contribution in [3.05, 3.63) is 64.5 Å². The fraction of sp³-hybridized carbons (Fsp3) is 0.188. The van der Waals surface area contributed by atoms with E-state index in [0.29, 0.717) is 17.2 Å². The van der Waals surface area contributed by atoms with Gasteiger partial charge in [0.05, 0.1) is 17.9 Å². The van der Waals surface area contributed by atoms with Crippen LogP contribution in [0.1, 0.15) is 32.9 Å². The molecule has 2 aliphatic rings. The lowest BCUT2D eigenvalue weighted by Gasteiger charge is -2.33. The van der Waals surface area contributed by atoms with Crippen LogP contribution in [-0.2, 0) is 27.9 Å². The van der Waals surface area contributed by atoms with Crippen molar-refractivity contribution in [1.29, 1.82) is 0 Å². The highest BCUT2D eigenvalue weighted by molar-refractivity contribution is 6.13. The molecule has 1 unspecified atom stereocenters. The minimum Gasteiger partial charge on any atom is -0.350 e. The largest absolute Gasteiger partial charge is 0.433 e. The van der Waals surface area contributed by atoms with Crippen LogP contribution in [0.15, 0.2) is 36.4 Å². The van der Waals surface area contributed by atoms with Crippen molar-refractivity contribution < 1.29 is 27.5 Å². The first kappa shape index (κ1) is 14.8. The zero-order valence-corrected chi connectivity index (χ0v) is 12.0. The molecule has 2 aromatic rings. The third kappa shape index (κ3) is 1.83. The van der Waals surface area contributed by atoms with Crippen LogP contribution in [0.2, 0.25) is 0 Å². The molecule has 0 radical (unpaired) electrons. The number of ether oxygens (including phenoxy) is 1. The van der Waals surface area contributed by atoms with E-state index in [4.69, 9.17) is 4.74 Å². The highest BCUT2D eigenvalue weighted by atomic mass is 19.4. The van der Waals surface area contributed by atoms with E-state index in [0.717, 1.165) is 6.07 Å². The number of fused-ring (bicyclic) bond motifs is 4. The van der Waals surface area contributed by atoms with Crippen molar-refractivity contribution in [3.63, 3.8) is 0 Å². The number of nitrogens with zero attached hydrogens (tertiary/aromatic N) is 1. The van der Waals surface area contributed by atoms with E-state index >= 15 is 0 Å². The second-order valence-electron chi connectivity index (χ2n) is 5.50. The van der Waals surface area contributed by atoms with Crippen LogP contribution in [0.4, 0.5) is 13.2 Å². The number of hydrogen-bond acceptors (Lipinski definition) is 4. The van der Waals surface area contributed by atoms with Gasteiger partial charge in [0.1, 0.15) is 5.69 Å². The van der Waals surface area contributed by atoms with Crippen LogP contribution < -0.4 is 5.32 Å². The molecule has 24 heavy (non-hydrogen) atoms. The molecule has 0 saturated heterocycles. The summed E-state index contributed by atoms with van der Waals surface area (Å²) in [5, 5.41) is 2.14. The lowest BCUT2D eigenvalue weighted by Crippen LogP contribution is -2.53. The highest BCUT2D eigenvalue weighted by Gasteiger charge is 2.55. The molecule has 2 aliphatic heterocycles. The fourth-order valence-electron chi connectivity index (χ4n) is 3.07. The Bertz CT molecular complexity index is 894. The van der Waals surface area contributed by atoms with Crippen LogP contribution in [0.25, 0.3) is 0 Å². The van der Waals surface area contributed by atoms with Gasteiger partial charge in [-0.05, 0) is 17.7 Å². The number of aromatic nitrogens is 1. The van der Waals surface area contributed by atoms with Gasteiger partial charge in [-0.1, -0.05) is 24.3 Å². The molecule has 0 saturated carbocycles. The first-order valence-electron chi connectivity index (χ1n) is 7.01. The van der Waals surface area contributed by atoms with Crippen molar-refractivity contribution in [2.75, 3.05) is 0 Å². The molecule has 4 rings (SSSR count). The number of imide groups is 1. The molecule has 3 heterocycles. The average molecular weight is 334 g/mol. The number of carbonyl (C=O) groups excluding carboxylic acids is 2. The maximum Gasteiger partial charge on any atom is 0.433 e. The summed E-state index contributed by atoms with van der Waals surface area (Å²) >= 11 is 0. The Morgan fingerprint density at radius 3 is 2.62 bits per heavy atom. The minimum absolute atomic E-state index is 0.0369. The minimum atomic E-state index is -4.70. The lowest BCUT2D eigenvalue weighted by atomic mass is 9.83. The summed E-state index contributed by atoms with van der Waals surface area (Å²) in [6.07, 6.45) is -4.70. The molecule has 0 bridgehead atoms. The fourth-order valence-corrected chi connectivity index (χ4v) is 3.07. The number of alkyl halides is 3. The summed E-state index contributed by atoms with van der Waals surface area (Å²) in [5.74, 6) is -1.63. The molecule has 1 aromatic carbocycles. The van der Waals surface area contributed by atoms with Gasteiger partial charge in [0.2, 0.25) is 5.60 Å². The average Bonchev–Trinajstić information content (AvgIpc) is 2.92. The first-order valence-corrected chi connectivity index (χ1v) is 7.01. The van der Waals surface area contributed by atoms with E-state index < -0.39 is 29.3 Å². The summed E-state index contributed by atoms with van der Waals surface area (Å²) < 4.78 is 44.7. The van der Waals surface area contributed by atoms with Crippen molar-refractivity contribution in [2.24, 2.45) is 0 Å². The van der Waals surface area contributed by atoms with Gasteiger partial charge in [-0.2, -0.15) is 13.2 Å². The van der Waals surface area contributed by atoms with E-state index in [1.54, 1.807) is 24.3 Å². The van der Waals surface area contributed by atoms with Crippen molar-refractivity contribution in [1.82, 2.24) is 10.3 Å². The second kappa shape index (κ2) is 4.64. The van der Waals surface area contributed by atoms with E-state index in [-0.39, 0.29) is 17.9 Å². The highest BCUT2D eigenvalue weighted by Crippen LogP contribution is 2.45. The molecule has 0 aliphatic carbocycles. The van der Waals surface area contributed by atoms with Crippen LogP contribution >= 0.6 is 0 Å². The van der Waals surface area contributed by atoms with Gasteiger partial charge in [0, 0.05) is 5.56 Å². The summed E-state index contributed by atoms with van der Waals surface area (Å²) in [5.41, 5.74) is -2.41. The number of halogens is 3. The third-order valence-corrected chi connectivity index (χ3v) is 4.15. The number of hydrogen-bond donors (Lipinski definition) is 1. The molecular formula is C16H9F3N2O3. The zero-order valence-electron chi connectivity index (χ0n) is 12.0. The standard InChI is InChI=1S/C16H9F3N2O3/c17-16(18,19)11-6-5-9-12(20-11)15(14(23)21-13(9)22)10-4-2-1-3-8(10)7-24-15/h1-6H,7H2,(H,21,22,23). The number of pyridine rings is 1. The summed E-state index contributed by atoms with van der Waals surface area (Å²) in [4.78, 5) is 28.1. The van der Waals surface area contributed by atoms with Gasteiger partial charge in [-0.3, -0.25) is 14.9 Å². The van der Waals surface area contributed by atoms with E-state index in [1.807, 2.05) is 0 Å². The van der Waals surface area contributed by atoms with Crippen LogP contribution in [-0.4, -0.2) is 16.8 Å². The molecule has 1 aromatic heterocycles. The molecule has 122 valence electrons. The van der Waals surface area contributed by atoms with Gasteiger partial charge in [0.25, 0.3) is 11.8 Å². The van der Waals surface area contributed by atoms with Crippen LogP contribution in [0.5, 0.6) is 0 Å².